The zero-order valence-corrected chi connectivity index (χ0v) is 17.0. The Morgan fingerprint density at radius 3 is 2.19 bits per heavy atom. The summed E-state index contributed by atoms with van der Waals surface area (Å²) in [5, 5.41) is 23.1. The number of halogens is 1. The molecule has 0 spiro atoms. The van der Waals surface area contributed by atoms with Crippen molar-refractivity contribution >= 4 is 11.6 Å². The second-order valence-corrected chi connectivity index (χ2v) is 8.30. The Labute approximate surface area is 167 Å². The van der Waals surface area contributed by atoms with Gasteiger partial charge in [0.05, 0.1) is 0 Å². The number of hydrogen-bond acceptors (Lipinski definition) is 3. The number of likely N-dealkylation sites (tertiary alicyclic amines) is 1. The molecule has 0 bridgehead atoms. The van der Waals surface area contributed by atoms with Gasteiger partial charge in [-0.3, -0.25) is 4.90 Å². The van der Waals surface area contributed by atoms with Crippen LogP contribution in [0.3, 0.4) is 0 Å². The van der Waals surface area contributed by atoms with Crippen LogP contribution < -0.4 is 0 Å². The normalized spacial score (nSPS) is 20.5. The summed E-state index contributed by atoms with van der Waals surface area (Å²) in [7, 11) is 0. The second kappa shape index (κ2) is 8.74. The second-order valence-electron chi connectivity index (χ2n) is 7.87. The van der Waals surface area contributed by atoms with Gasteiger partial charge in [-0.25, -0.2) is 0 Å². The van der Waals surface area contributed by atoms with Crippen LogP contribution in [0.4, 0.5) is 0 Å². The minimum absolute atomic E-state index is 0.234. The minimum Gasteiger partial charge on any atom is -0.385 e. The SMILES string of the molecule is CC(c1ccccc1-c1ccc(Cl)cc1)C(C)(O)C(O)N1CCCCCC1. The molecule has 0 saturated carbocycles. The van der Waals surface area contributed by atoms with E-state index in [1.807, 2.05) is 54.3 Å². The van der Waals surface area contributed by atoms with Crippen molar-refractivity contribution in [3.8, 4) is 11.1 Å². The first-order valence-corrected chi connectivity index (χ1v) is 10.3. The van der Waals surface area contributed by atoms with E-state index in [-0.39, 0.29) is 5.92 Å². The summed E-state index contributed by atoms with van der Waals surface area (Å²) in [4.78, 5) is 2.04. The van der Waals surface area contributed by atoms with Crippen molar-refractivity contribution in [3.63, 3.8) is 0 Å². The van der Waals surface area contributed by atoms with Gasteiger partial charge < -0.3 is 10.2 Å². The summed E-state index contributed by atoms with van der Waals surface area (Å²) in [6, 6.07) is 15.8. The van der Waals surface area contributed by atoms with Crippen LogP contribution in [0.5, 0.6) is 0 Å². The number of nitrogens with zero attached hydrogens (tertiary/aromatic N) is 1. The fourth-order valence-electron chi connectivity index (χ4n) is 4.01. The summed E-state index contributed by atoms with van der Waals surface area (Å²) in [5.74, 6) is -0.234. The molecule has 2 aromatic carbocycles. The van der Waals surface area contributed by atoms with Crippen LogP contribution >= 0.6 is 11.6 Å². The van der Waals surface area contributed by atoms with Crippen LogP contribution in [0.1, 0.15) is 51.0 Å². The molecule has 1 saturated heterocycles. The molecule has 0 aliphatic carbocycles. The minimum atomic E-state index is -1.26. The fourth-order valence-corrected chi connectivity index (χ4v) is 4.14. The van der Waals surface area contributed by atoms with Gasteiger partial charge in [-0.1, -0.05) is 67.8 Å². The predicted octanol–water partition coefficient (Wildman–Crippen LogP) is 5.06. The highest BCUT2D eigenvalue weighted by Crippen LogP contribution is 2.38. The smallest absolute Gasteiger partial charge is 0.136 e. The Morgan fingerprint density at radius 2 is 1.56 bits per heavy atom. The molecule has 1 heterocycles. The predicted molar refractivity (Wildman–Crippen MR) is 112 cm³/mol. The Balaban J connectivity index is 1.90. The zero-order chi connectivity index (χ0) is 19.4. The van der Waals surface area contributed by atoms with E-state index in [1.54, 1.807) is 6.92 Å². The molecule has 146 valence electrons. The number of hydrogen-bond donors (Lipinski definition) is 2. The van der Waals surface area contributed by atoms with Crippen molar-refractivity contribution in [2.24, 2.45) is 0 Å². The average Bonchev–Trinajstić information content (AvgIpc) is 2.97. The topological polar surface area (TPSA) is 43.7 Å². The Morgan fingerprint density at radius 1 is 0.963 bits per heavy atom. The van der Waals surface area contributed by atoms with Crippen molar-refractivity contribution in [3.05, 3.63) is 59.1 Å². The van der Waals surface area contributed by atoms with Crippen LogP contribution in [-0.2, 0) is 0 Å². The van der Waals surface area contributed by atoms with E-state index in [9.17, 15) is 10.2 Å². The lowest BCUT2D eigenvalue weighted by Crippen LogP contribution is -2.54. The summed E-state index contributed by atoms with van der Waals surface area (Å²) in [5.41, 5.74) is 1.89. The van der Waals surface area contributed by atoms with Crippen molar-refractivity contribution in [1.29, 1.82) is 0 Å². The molecule has 1 aliphatic heterocycles. The lowest BCUT2D eigenvalue weighted by atomic mass is 9.79. The first kappa shape index (κ1) is 20.3. The number of aliphatic hydroxyl groups excluding tert-OH is 1. The molecule has 3 unspecified atom stereocenters. The maximum atomic E-state index is 11.4. The van der Waals surface area contributed by atoms with Gasteiger partial charge in [0.1, 0.15) is 11.8 Å². The van der Waals surface area contributed by atoms with Crippen LogP contribution in [0, 0.1) is 0 Å². The molecule has 1 fully saturated rings. The first-order chi connectivity index (χ1) is 12.9. The lowest BCUT2D eigenvalue weighted by Gasteiger charge is -2.41. The molecule has 3 atom stereocenters. The Bertz CT molecular complexity index is 736. The van der Waals surface area contributed by atoms with Crippen LogP contribution in [0.15, 0.2) is 48.5 Å². The molecular formula is C23H30ClNO2. The molecule has 1 aliphatic rings. The Kier molecular flexibility index (Phi) is 6.59. The van der Waals surface area contributed by atoms with Gasteiger partial charge in [0.2, 0.25) is 0 Å². The van der Waals surface area contributed by atoms with Crippen LogP contribution in [0.2, 0.25) is 5.02 Å². The van der Waals surface area contributed by atoms with E-state index in [1.165, 1.54) is 12.8 Å². The van der Waals surface area contributed by atoms with Gasteiger partial charge in [-0.2, -0.15) is 0 Å². The highest BCUT2D eigenvalue weighted by molar-refractivity contribution is 6.30. The lowest BCUT2D eigenvalue weighted by molar-refractivity contribution is -0.149. The molecule has 0 aromatic heterocycles. The molecule has 2 N–H and O–H groups in total. The standard InChI is InChI=1S/C23H30ClNO2/c1-17(23(2,27)22(26)25-15-7-3-4-8-16-25)20-9-5-6-10-21(20)18-11-13-19(24)14-12-18/h5-6,9-14,17,22,26-27H,3-4,7-8,15-16H2,1-2H3. The number of aliphatic hydroxyl groups is 2. The van der Waals surface area contributed by atoms with E-state index >= 15 is 0 Å². The molecule has 0 amide bonds. The maximum Gasteiger partial charge on any atom is 0.136 e. The molecule has 3 rings (SSSR count). The van der Waals surface area contributed by atoms with E-state index in [0.29, 0.717) is 5.02 Å². The highest BCUT2D eigenvalue weighted by atomic mass is 35.5. The number of benzene rings is 2. The fraction of sp³-hybridized carbons (Fsp3) is 0.478. The maximum absolute atomic E-state index is 11.4. The van der Waals surface area contributed by atoms with Crippen molar-refractivity contribution in [1.82, 2.24) is 4.90 Å². The van der Waals surface area contributed by atoms with E-state index in [4.69, 9.17) is 11.6 Å². The van der Waals surface area contributed by atoms with E-state index in [2.05, 4.69) is 6.07 Å². The Hall–Kier alpha value is -1.39. The molecule has 2 aromatic rings. The van der Waals surface area contributed by atoms with Gasteiger partial charge in [0.25, 0.3) is 0 Å². The monoisotopic (exact) mass is 387 g/mol. The number of rotatable bonds is 5. The van der Waals surface area contributed by atoms with Crippen molar-refractivity contribution < 1.29 is 10.2 Å². The van der Waals surface area contributed by atoms with Gasteiger partial charge in [-0.15, -0.1) is 0 Å². The average molecular weight is 388 g/mol. The largest absolute Gasteiger partial charge is 0.385 e. The molecule has 27 heavy (non-hydrogen) atoms. The summed E-state index contributed by atoms with van der Waals surface area (Å²) in [6.07, 6.45) is 3.65. The van der Waals surface area contributed by atoms with Crippen molar-refractivity contribution in [2.75, 3.05) is 13.1 Å². The van der Waals surface area contributed by atoms with Gasteiger partial charge in [0, 0.05) is 24.0 Å². The summed E-state index contributed by atoms with van der Waals surface area (Å²) in [6.45, 7) is 5.42. The molecular weight excluding hydrogens is 358 g/mol. The first-order valence-electron chi connectivity index (χ1n) is 9.90. The van der Waals surface area contributed by atoms with Gasteiger partial charge in [0.15, 0.2) is 0 Å². The van der Waals surface area contributed by atoms with Gasteiger partial charge in [-0.05, 0) is 48.6 Å². The third-order valence-electron chi connectivity index (χ3n) is 5.97. The van der Waals surface area contributed by atoms with Crippen molar-refractivity contribution in [2.45, 2.75) is 57.3 Å². The van der Waals surface area contributed by atoms with E-state index in [0.717, 1.165) is 42.6 Å². The molecule has 0 radical (unpaired) electrons. The summed E-state index contributed by atoms with van der Waals surface area (Å²) >= 11 is 6.04. The zero-order valence-electron chi connectivity index (χ0n) is 16.2. The third-order valence-corrected chi connectivity index (χ3v) is 6.22. The quantitative estimate of drug-likeness (QED) is 0.753. The molecule has 4 heteroatoms. The third kappa shape index (κ3) is 4.55. The van der Waals surface area contributed by atoms with Crippen LogP contribution in [0.25, 0.3) is 11.1 Å². The highest BCUT2D eigenvalue weighted by Gasteiger charge is 2.41. The van der Waals surface area contributed by atoms with Crippen LogP contribution in [-0.4, -0.2) is 40.0 Å². The van der Waals surface area contributed by atoms with Gasteiger partial charge >= 0.3 is 0 Å². The molecule has 3 nitrogen and oxygen atoms in total. The summed E-state index contributed by atoms with van der Waals surface area (Å²) < 4.78 is 0. The van der Waals surface area contributed by atoms with E-state index < -0.39 is 11.8 Å².